The van der Waals surface area contributed by atoms with Crippen LogP contribution in [0.25, 0.3) is 0 Å². The lowest BCUT2D eigenvalue weighted by Crippen LogP contribution is -2.36. The second kappa shape index (κ2) is 5.63. The zero-order chi connectivity index (χ0) is 12.3. The molecule has 0 heterocycles. The predicted molar refractivity (Wildman–Crippen MR) is 69.4 cm³/mol. The molecule has 0 aliphatic heterocycles. The Kier molecular flexibility index (Phi) is 4.16. The Bertz CT molecular complexity index is 375. The van der Waals surface area contributed by atoms with Crippen LogP contribution in [0.4, 0.5) is 4.39 Å². The van der Waals surface area contributed by atoms with E-state index in [2.05, 4.69) is 12.2 Å². The maximum atomic E-state index is 13.1. The van der Waals surface area contributed by atoms with Crippen LogP contribution < -0.4 is 5.32 Å². The standard InChI is InChI=1S/C15H22FN/c1-11-5-3-4-6-15(11)17-10-13-7-8-14(16)12(2)9-13/h7-9,11,15,17H,3-6,10H2,1-2H3. The fourth-order valence-corrected chi connectivity index (χ4v) is 2.69. The second-order valence-corrected chi connectivity index (χ2v) is 5.33. The lowest BCUT2D eigenvalue weighted by atomic mass is 9.86. The van der Waals surface area contributed by atoms with Crippen LogP contribution in [0.2, 0.25) is 0 Å². The normalized spacial score (nSPS) is 24.9. The fourth-order valence-electron chi connectivity index (χ4n) is 2.69. The van der Waals surface area contributed by atoms with Crippen LogP contribution in [0.1, 0.15) is 43.7 Å². The van der Waals surface area contributed by atoms with Crippen molar-refractivity contribution in [2.75, 3.05) is 0 Å². The highest BCUT2D eigenvalue weighted by molar-refractivity contribution is 5.23. The summed E-state index contributed by atoms with van der Waals surface area (Å²) in [7, 11) is 0. The van der Waals surface area contributed by atoms with Crippen molar-refractivity contribution in [3.63, 3.8) is 0 Å². The van der Waals surface area contributed by atoms with Crippen molar-refractivity contribution in [2.45, 2.75) is 52.1 Å². The SMILES string of the molecule is Cc1cc(CNC2CCCCC2C)ccc1F. The molecule has 2 heteroatoms. The molecule has 1 saturated carbocycles. The predicted octanol–water partition coefficient (Wildman–Crippen LogP) is 3.80. The molecule has 17 heavy (non-hydrogen) atoms. The Morgan fingerprint density at radius 1 is 1.29 bits per heavy atom. The van der Waals surface area contributed by atoms with E-state index in [1.807, 2.05) is 19.1 Å². The molecule has 1 fully saturated rings. The quantitative estimate of drug-likeness (QED) is 0.840. The van der Waals surface area contributed by atoms with Crippen LogP contribution in [0.5, 0.6) is 0 Å². The van der Waals surface area contributed by atoms with Crippen LogP contribution in [-0.4, -0.2) is 6.04 Å². The molecule has 1 nitrogen and oxygen atoms in total. The number of benzene rings is 1. The summed E-state index contributed by atoms with van der Waals surface area (Å²) < 4.78 is 13.1. The molecule has 0 aromatic heterocycles. The highest BCUT2D eigenvalue weighted by atomic mass is 19.1. The van der Waals surface area contributed by atoms with Gasteiger partial charge in [-0.1, -0.05) is 31.9 Å². The van der Waals surface area contributed by atoms with Crippen molar-refractivity contribution in [3.05, 3.63) is 35.1 Å². The van der Waals surface area contributed by atoms with Gasteiger partial charge in [0.2, 0.25) is 0 Å². The van der Waals surface area contributed by atoms with Crippen molar-refractivity contribution >= 4 is 0 Å². The summed E-state index contributed by atoms with van der Waals surface area (Å²) in [6.45, 7) is 5.00. The Balaban J connectivity index is 1.90. The van der Waals surface area contributed by atoms with Gasteiger partial charge in [0.25, 0.3) is 0 Å². The Labute approximate surface area is 103 Å². The number of aryl methyl sites for hydroxylation is 1. The maximum Gasteiger partial charge on any atom is 0.126 e. The molecule has 2 rings (SSSR count). The summed E-state index contributed by atoms with van der Waals surface area (Å²) in [6, 6.07) is 6.02. The molecule has 0 saturated heterocycles. The first-order chi connectivity index (χ1) is 8.16. The van der Waals surface area contributed by atoms with Gasteiger partial charge in [0, 0.05) is 12.6 Å². The Morgan fingerprint density at radius 3 is 2.76 bits per heavy atom. The number of halogens is 1. The van der Waals surface area contributed by atoms with Gasteiger partial charge in [-0.2, -0.15) is 0 Å². The van der Waals surface area contributed by atoms with E-state index < -0.39 is 0 Å². The zero-order valence-corrected chi connectivity index (χ0v) is 10.8. The van der Waals surface area contributed by atoms with Gasteiger partial charge in [0.15, 0.2) is 0 Å². The molecule has 1 aliphatic carbocycles. The average Bonchev–Trinajstić information content (AvgIpc) is 2.32. The third kappa shape index (κ3) is 3.29. The minimum atomic E-state index is -0.111. The summed E-state index contributed by atoms with van der Waals surface area (Å²) in [6.07, 6.45) is 5.32. The van der Waals surface area contributed by atoms with Crippen molar-refractivity contribution in [3.8, 4) is 0 Å². The number of hydrogen-bond acceptors (Lipinski definition) is 1. The molecule has 1 aromatic carbocycles. The first kappa shape index (κ1) is 12.6. The molecule has 1 aromatic rings. The topological polar surface area (TPSA) is 12.0 Å². The Morgan fingerprint density at radius 2 is 2.06 bits per heavy atom. The summed E-state index contributed by atoms with van der Waals surface area (Å²) >= 11 is 0. The third-order valence-corrected chi connectivity index (χ3v) is 3.90. The van der Waals surface area contributed by atoms with E-state index in [0.29, 0.717) is 6.04 Å². The zero-order valence-electron chi connectivity index (χ0n) is 10.8. The number of rotatable bonds is 3. The van der Waals surface area contributed by atoms with Gasteiger partial charge in [-0.15, -0.1) is 0 Å². The molecular weight excluding hydrogens is 213 g/mol. The van der Waals surface area contributed by atoms with Crippen LogP contribution >= 0.6 is 0 Å². The summed E-state index contributed by atoms with van der Waals surface area (Å²) in [5.41, 5.74) is 1.92. The van der Waals surface area contributed by atoms with Gasteiger partial charge in [-0.25, -0.2) is 4.39 Å². The summed E-state index contributed by atoms with van der Waals surface area (Å²) in [5.74, 6) is 0.657. The van der Waals surface area contributed by atoms with Gasteiger partial charge in [0.1, 0.15) is 5.82 Å². The van der Waals surface area contributed by atoms with Crippen molar-refractivity contribution in [1.82, 2.24) is 5.32 Å². The van der Waals surface area contributed by atoms with Gasteiger partial charge in [0.05, 0.1) is 0 Å². The molecule has 94 valence electrons. The van der Waals surface area contributed by atoms with Crippen molar-refractivity contribution in [1.29, 1.82) is 0 Å². The number of hydrogen-bond donors (Lipinski definition) is 1. The largest absolute Gasteiger partial charge is 0.310 e. The van der Waals surface area contributed by atoms with Gasteiger partial charge >= 0.3 is 0 Å². The van der Waals surface area contributed by atoms with E-state index in [1.165, 1.54) is 31.2 Å². The first-order valence-corrected chi connectivity index (χ1v) is 6.65. The highest BCUT2D eigenvalue weighted by Gasteiger charge is 2.20. The fraction of sp³-hybridized carbons (Fsp3) is 0.600. The second-order valence-electron chi connectivity index (χ2n) is 5.33. The van der Waals surface area contributed by atoms with Crippen LogP contribution in [0.3, 0.4) is 0 Å². The first-order valence-electron chi connectivity index (χ1n) is 6.65. The van der Waals surface area contributed by atoms with Crippen LogP contribution in [0, 0.1) is 18.7 Å². The summed E-state index contributed by atoms with van der Waals surface area (Å²) in [4.78, 5) is 0. The summed E-state index contributed by atoms with van der Waals surface area (Å²) in [5, 5.41) is 3.61. The highest BCUT2D eigenvalue weighted by Crippen LogP contribution is 2.24. The van der Waals surface area contributed by atoms with E-state index in [4.69, 9.17) is 0 Å². The minimum absolute atomic E-state index is 0.111. The van der Waals surface area contributed by atoms with E-state index in [1.54, 1.807) is 6.07 Å². The van der Waals surface area contributed by atoms with Crippen LogP contribution in [0.15, 0.2) is 18.2 Å². The number of nitrogens with one attached hydrogen (secondary N) is 1. The van der Waals surface area contributed by atoms with E-state index in [-0.39, 0.29) is 5.82 Å². The van der Waals surface area contributed by atoms with Crippen molar-refractivity contribution < 1.29 is 4.39 Å². The van der Waals surface area contributed by atoms with E-state index in [0.717, 1.165) is 18.0 Å². The van der Waals surface area contributed by atoms with Gasteiger partial charge < -0.3 is 5.32 Å². The smallest absolute Gasteiger partial charge is 0.126 e. The molecule has 0 bridgehead atoms. The van der Waals surface area contributed by atoms with E-state index >= 15 is 0 Å². The molecule has 1 aliphatic rings. The van der Waals surface area contributed by atoms with E-state index in [9.17, 15) is 4.39 Å². The Hall–Kier alpha value is -0.890. The van der Waals surface area contributed by atoms with Crippen molar-refractivity contribution in [2.24, 2.45) is 5.92 Å². The molecular formula is C15H22FN. The third-order valence-electron chi connectivity index (χ3n) is 3.90. The average molecular weight is 235 g/mol. The van der Waals surface area contributed by atoms with Gasteiger partial charge in [-0.3, -0.25) is 0 Å². The lowest BCUT2D eigenvalue weighted by Gasteiger charge is -2.29. The molecule has 1 N–H and O–H groups in total. The molecule has 2 unspecified atom stereocenters. The molecule has 0 radical (unpaired) electrons. The lowest BCUT2D eigenvalue weighted by molar-refractivity contribution is 0.279. The monoisotopic (exact) mass is 235 g/mol. The van der Waals surface area contributed by atoms with Crippen LogP contribution in [-0.2, 0) is 6.54 Å². The molecule has 0 spiro atoms. The minimum Gasteiger partial charge on any atom is -0.310 e. The molecule has 0 amide bonds. The van der Waals surface area contributed by atoms with Gasteiger partial charge in [-0.05, 0) is 42.9 Å². The maximum absolute atomic E-state index is 13.1. The molecule has 2 atom stereocenters.